The van der Waals surface area contributed by atoms with Crippen LogP contribution >= 0.6 is 11.3 Å². The number of hydrogen-bond donors (Lipinski definition) is 2. The molecule has 0 saturated carbocycles. The number of carbonyl (C=O) groups is 1. The lowest BCUT2D eigenvalue weighted by molar-refractivity contribution is -0.141. The summed E-state index contributed by atoms with van der Waals surface area (Å²) in [6.45, 7) is 1.41. The Morgan fingerprint density at radius 1 is 1.15 bits per heavy atom. The van der Waals surface area contributed by atoms with Crippen LogP contribution in [0.25, 0.3) is 0 Å². The second-order valence-electron chi connectivity index (χ2n) is 7.52. The minimum Gasteiger partial charge on any atom is -0.508 e. The normalized spacial score (nSPS) is 18.3. The molecule has 2 N–H and O–H groups in total. The maximum atomic E-state index is 13.4. The van der Waals surface area contributed by atoms with Crippen LogP contribution in [0.15, 0.2) is 48.1 Å². The fraction of sp³-hybridized carbons (Fsp3) is 0.273. The Labute approximate surface area is 188 Å². The van der Waals surface area contributed by atoms with E-state index in [0.717, 1.165) is 12.2 Å². The van der Waals surface area contributed by atoms with Gasteiger partial charge in [-0.25, -0.2) is 4.98 Å². The largest absolute Gasteiger partial charge is 0.508 e. The van der Waals surface area contributed by atoms with Crippen LogP contribution in [0.3, 0.4) is 0 Å². The van der Waals surface area contributed by atoms with Gasteiger partial charge in [0, 0.05) is 17.5 Å². The number of amides is 1. The zero-order valence-electron chi connectivity index (χ0n) is 16.9. The van der Waals surface area contributed by atoms with Gasteiger partial charge in [-0.3, -0.25) is 4.79 Å². The van der Waals surface area contributed by atoms with Gasteiger partial charge in [-0.2, -0.15) is 26.3 Å². The summed E-state index contributed by atoms with van der Waals surface area (Å²) < 4.78 is 78.5. The number of nitrogens with zero attached hydrogens (tertiary/aromatic N) is 1. The van der Waals surface area contributed by atoms with Gasteiger partial charge in [0.05, 0.1) is 5.57 Å². The topological polar surface area (TPSA) is 62.2 Å². The van der Waals surface area contributed by atoms with Gasteiger partial charge >= 0.3 is 12.4 Å². The Balaban J connectivity index is 1.77. The minimum absolute atomic E-state index is 0.000240. The smallest absolute Gasteiger partial charge is 0.435 e. The fourth-order valence-corrected chi connectivity index (χ4v) is 3.72. The van der Waals surface area contributed by atoms with E-state index >= 15 is 0 Å². The monoisotopic (exact) mass is 486 g/mol. The average Bonchev–Trinajstić information content (AvgIpc) is 3.16. The molecule has 0 saturated heterocycles. The molecule has 1 unspecified atom stereocenters. The number of benzene rings is 1. The molecule has 174 valence electrons. The SMILES string of the molecule is CC1(CNC(=O)c2sc(C#Cc3ccc(O)cc3)nc2C(F)(F)F)C=CC(C(F)(F)F)=CC1. The highest BCUT2D eigenvalue weighted by Gasteiger charge is 2.40. The summed E-state index contributed by atoms with van der Waals surface area (Å²) in [5.74, 6) is 4.03. The van der Waals surface area contributed by atoms with E-state index in [9.17, 15) is 36.2 Å². The lowest BCUT2D eigenvalue weighted by atomic mass is 9.81. The molecule has 0 aliphatic heterocycles. The first-order valence-corrected chi connectivity index (χ1v) is 10.2. The molecular formula is C22H16F6N2O2S. The zero-order valence-corrected chi connectivity index (χ0v) is 17.8. The minimum atomic E-state index is -4.90. The molecule has 0 bridgehead atoms. The predicted molar refractivity (Wildman–Crippen MR) is 110 cm³/mol. The average molecular weight is 486 g/mol. The first-order valence-electron chi connectivity index (χ1n) is 9.41. The van der Waals surface area contributed by atoms with Crippen LogP contribution in [0, 0.1) is 17.3 Å². The lowest BCUT2D eigenvalue weighted by Gasteiger charge is -2.28. The number of nitrogens with one attached hydrogen (secondary N) is 1. The van der Waals surface area contributed by atoms with Gasteiger partial charge in [0.1, 0.15) is 10.6 Å². The second kappa shape index (κ2) is 8.94. The van der Waals surface area contributed by atoms with Crippen LogP contribution in [-0.2, 0) is 6.18 Å². The van der Waals surface area contributed by atoms with Crippen LogP contribution in [0.1, 0.15) is 39.3 Å². The van der Waals surface area contributed by atoms with Crippen molar-refractivity contribution in [2.45, 2.75) is 25.7 Å². The zero-order chi connectivity index (χ0) is 24.4. The number of halogens is 6. The number of alkyl halides is 6. The number of aromatic nitrogens is 1. The van der Waals surface area contributed by atoms with Crippen molar-refractivity contribution in [3.05, 3.63) is 69.2 Å². The third-order valence-electron chi connectivity index (χ3n) is 4.72. The van der Waals surface area contributed by atoms with Crippen LogP contribution in [0.2, 0.25) is 0 Å². The molecule has 0 spiro atoms. The Kier molecular flexibility index (Phi) is 6.61. The van der Waals surface area contributed by atoms with Crippen molar-refractivity contribution >= 4 is 17.2 Å². The molecule has 4 nitrogen and oxygen atoms in total. The van der Waals surface area contributed by atoms with Gasteiger partial charge in [0.25, 0.3) is 5.91 Å². The summed E-state index contributed by atoms with van der Waals surface area (Å²) in [7, 11) is 0. The van der Waals surface area contributed by atoms with Gasteiger partial charge in [0.15, 0.2) is 10.7 Å². The predicted octanol–water partition coefficient (Wildman–Crippen LogP) is 5.45. The maximum Gasteiger partial charge on any atom is 0.435 e. The Morgan fingerprint density at radius 2 is 1.82 bits per heavy atom. The van der Waals surface area contributed by atoms with Gasteiger partial charge in [-0.1, -0.05) is 42.4 Å². The van der Waals surface area contributed by atoms with Gasteiger partial charge in [-0.15, -0.1) is 0 Å². The number of thiazole rings is 1. The van der Waals surface area contributed by atoms with Crippen LogP contribution in [0.4, 0.5) is 26.3 Å². The molecule has 1 aliphatic rings. The van der Waals surface area contributed by atoms with Crippen LogP contribution < -0.4 is 5.32 Å². The van der Waals surface area contributed by atoms with Crippen LogP contribution in [0.5, 0.6) is 5.75 Å². The molecule has 1 heterocycles. The number of hydrogen-bond acceptors (Lipinski definition) is 4. The number of phenols is 1. The van der Waals surface area contributed by atoms with E-state index in [0.29, 0.717) is 16.9 Å². The molecule has 0 radical (unpaired) electrons. The molecule has 1 aromatic heterocycles. The summed E-state index contributed by atoms with van der Waals surface area (Å²) in [6.07, 6.45) is -6.29. The standard InChI is InChI=1S/C22H16F6N2O2S/c1-20(10-8-14(9-11-20)21(23,24)25)12-29-19(32)17-18(22(26,27)28)30-16(33-17)7-4-13-2-5-15(31)6-3-13/h2-3,5-6,8-10,31H,11-12H2,1H3,(H,29,32). The van der Waals surface area contributed by atoms with E-state index < -0.39 is 39.8 Å². The Bertz CT molecular complexity index is 1170. The number of allylic oxidation sites excluding steroid dienone is 3. The summed E-state index contributed by atoms with van der Waals surface area (Å²) in [4.78, 5) is 15.3. The summed E-state index contributed by atoms with van der Waals surface area (Å²) >= 11 is 0.461. The second-order valence-corrected chi connectivity index (χ2v) is 8.52. The third-order valence-corrected chi connectivity index (χ3v) is 5.69. The molecule has 1 aliphatic carbocycles. The molecule has 0 fully saturated rings. The van der Waals surface area contributed by atoms with Crippen molar-refractivity contribution in [1.29, 1.82) is 0 Å². The van der Waals surface area contributed by atoms with E-state index in [1.54, 1.807) is 6.92 Å². The van der Waals surface area contributed by atoms with E-state index in [1.807, 2.05) is 0 Å². The van der Waals surface area contributed by atoms with Crippen molar-refractivity contribution in [1.82, 2.24) is 10.3 Å². The molecular weight excluding hydrogens is 470 g/mol. The number of phenolic OH excluding ortho intramolecular Hbond substituents is 1. The van der Waals surface area contributed by atoms with E-state index in [-0.39, 0.29) is 23.7 Å². The maximum absolute atomic E-state index is 13.4. The van der Waals surface area contributed by atoms with Crippen molar-refractivity contribution in [2.24, 2.45) is 5.41 Å². The molecule has 1 atom stereocenters. The summed E-state index contributed by atoms with van der Waals surface area (Å²) in [6, 6.07) is 5.65. The molecule has 1 amide bonds. The van der Waals surface area contributed by atoms with Crippen molar-refractivity contribution in [2.75, 3.05) is 6.54 Å². The third kappa shape index (κ3) is 6.16. The van der Waals surface area contributed by atoms with Gasteiger partial charge in [-0.05, 0) is 36.6 Å². The molecule has 3 rings (SSSR count). The highest BCUT2D eigenvalue weighted by Crippen LogP contribution is 2.37. The van der Waals surface area contributed by atoms with Gasteiger partial charge < -0.3 is 10.4 Å². The molecule has 11 heteroatoms. The molecule has 2 aromatic rings. The number of rotatable bonds is 3. The first-order chi connectivity index (χ1) is 15.3. The highest BCUT2D eigenvalue weighted by molar-refractivity contribution is 7.14. The fourth-order valence-electron chi connectivity index (χ4n) is 2.86. The van der Waals surface area contributed by atoms with Crippen molar-refractivity contribution in [3.8, 4) is 17.6 Å². The van der Waals surface area contributed by atoms with Gasteiger partial charge in [0.2, 0.25) is 0 Å². The van der Waals surface area contributed by atoms with E-state index in [2.05, 4.69) is 22.1 Å². The van der Waals surface area contributed by atoms with Crippen LogP contribution in [-0.4, -0.2) is 28.7 Å². The quantitative estimate of drug-likeness (QED) is 0.448. The molecule has 33 heavy (non-hydrogen) atoms. The lowest BCUT2D eigenvalue weighted by Crippen LogP contribution is -2.36. The van der Waals surface area contributed by atoms with Crippen molar-refractivity contribution in [3.63, 3.8) is 0 Å². The Hall–Kier alpha value is -3.26. The first kappa shape index (κ1) is 24.4. The highest BCUT2D eigenvalue weighted by atomic mass is 32.1. The van der Waals surface area contributed by atoms with E-state index in [1.165, 1.54) is 30.3 Å². The Morgan fingerprint density at radius 3 is 2.36 bits per heavy atom. The molecule has 1 aromatic carbocycles. The summed E-state index contributed by atoms with van der Waals surface area (Å²) in [5.41, 5.74) is -2.67. The van der Waals surface area contributed by atoms with E-state index in [4.69, 9.17) is 0 Å². The number of carbonyl (C=O) groups excluding carboxylic acids is 1. The summed E-state index contributed by atoms with van der Waals surface area (Å²) in [5, 5.41) is 11.4. The number of aromatic hydroxyl groups is 1. The van der Waals surface area contributed by atoms with Crippen molar-refractivity contribution < 1.29 is 36.2 Å².